The first-order valence-electron chi connectivity index (χ1n) is 6.56. The van der Waals surface area contributed by atoms with Crippen molar-refractivity contribution < 1.29 is 9.90 Å². The van der Waals surface area contributed by atoms with Crippen LogP contribution in [0.5, 0.6) is 5.75 Å². The molecule has 22 heavy (non-hydrogen) atoms. The maximum Gasteiger partial charge on any atom is 0.332 e. The van der Waals surface area contributed by atoms with Gasteiger partial charge in [-0.25, -0.2) is 9.59 Å². The van der Waals surface area contributed by atoms with Crippen molar-refractivity contribution in [2.24, 2.45) is 14.1 Å². The average molecular weight is 302 g/mol. The van der Waals surface area contributed by atoms with Crippen molar-refractivity contribution in [1.29, 1.82) is 0 Å². The Bertz CT molecular complexity index is 897. The summed E-state index contributed by atoms with van der Waals surface area (Å²) >= 11 is 0. The molecule has 114 valence electrons. The molecular formula is C14H14N4O4. The predicted molar refractivity (Wildman–Crippen MR) is 79.0 cm³/mol. The zero-order valence-electron chi connectivity index (χ0n) is 12.0. The number of rotatable bonds is 1. The zero-order chi connectivity index (χ0) is 16.0. The minimum Gasteiger partial charge on any atom is -0.508 e. The molecule has 8 heteroatoms. The summed E-state index contributed by atoms with van der Waals surface area (Å²) in [5, 5.41) is 14.7. The standard InChI is InChI=1S/C14H14N4O4/c1-17-11-9(12(20)18(2)14(17)22)10(15-13(21)16-11)7-4-3-5-8(19)6-7/h3-6,10,19H,1-2H3,(H2,15,16,21)/t10-/m0/s1. The second kappa shape index (κ2) is 4.76. The van der Waals surface area contributed by atoms with Crippen molar-refractivity contribution >= 4 is 11.8 Å². The Kier molecular flexibility index (Phi) is 3.01. The first-order chi connectivity index (χ1) is 10.4. The van der Waals surface area contributed by atoms with Crippen molar-refractivity contribution in [1.82, 2.24) is 14.5 Å². The van der Waals surface area contributed by atoms with Crippen LogP contribution in [0.1, 0.15) is 17.2 Å². The first kappa shape index (κ1) is 13.9. The summed E-state index contributed by atoms with van der Waals surface area (Å²) in [4.78, 5) is 36.3. The number of carbonyl (C=O) groups is 1. The SMILES string of the molecule is Cn1c2c(c(=O)n(C)c1=O)[C@H](c1cccc(O)c1)NC(=O)N2. The molecule has 0 bridgehead atoms. The lowest BCUT2D eigenvalue weighted by atomic mass is 9.98. The van der Waals surface area contributed by atoms with E-state index in [4.69, 9.17) is 0 Å². The van der Waals surface area contributed by atoms with E-state index >= 15 is 0 Å². The van der Waals surface area contributed by atoms with Gasteiger partial charge in [0.2, 0.25) is 0 Å². The Morgan fingerprint density at radius 3 is 2.55 bits per heavy atom. The Labute approximate surface area is 124 Å². The van der Waals surface area contributed by atoms with E-state index in [1.807, 2.05) is 0 Å². The van der Waals surface area contributed by atoms with E-state index in [2.05, 4.69) is 10.6 Å². The Balaban J connectivity index is 2.33. The molecule has 0 saturated carbocycles. The molecule has 2 amide bonds. The number of nitrogens with zero attached hydrogens (tertiary/aromatic N) is 2. The van der Waals surface area contributed by atoms with Crippen molar-refractivity contribution in [3.8, 4) is 5.75 Å². The molecule has 0 aliphatic carbocycles. The van der Waals surface area contributed by atoms with Gasteiger partial charge >= 0.3 is 11.7 Å². The third-order valence-electron chi connectivity index (χ3n) is 3.70. The molecule has 0 fully saturated rings. The van der Waals surface area contributed by atoms with E-state index in [0.29, 0.717) is 5.56 Å². The smallest absolute Gasteiger partial charge is 0.332 e. The van der Waals surface area contributed by atoms with Crippen molar-refractivity contribution in [3.05, 3.63) is 56.2 Å². The Morgan fingerprint density at radius 1 is 1.14 bits per heavy atom. The van der Waals surface area contributed by atoms with Gasteiger partial charge < -0.3 is 10.4 Å². The van der Waals surface area contributed by atoms with Crippen LogP contribution in [-0.4, -0.2) is 20.3 Å². The van der Waals surface area contributed by atoms with Crippen LogP contribution in [0, 0.1) is 0 Å². The largest absolute Gasteiger partial charge is 0.508 e. The number of fused-ring (bicyclic) bond motifs is 1. The molecule has 0 unspecified atom stereocenters. The van der Waals surface area contributed by atoms with Crippen LogP contribution in [0.2, 0.25) is 0 Å². The normalized spacial score (nSPS) is 16.6. The monoisotopic (exact) mass is 302 g/mol. The van der Waals surface area contributed by atoms with Gasteiger partial charge in [-0.05, 0) is 17.7 Å². The molecule has 2 heterocycles. The van der Waals surface area contributed by atoms with Gasteiger partial charge in [0.05, 0.1) is 11.6 Å². The molecule has 3 N–H and O–H groups in total. The summed E-state index contributed by atoms with van der Waals surface area (Å²) in [5.74, 6) is 0.179. The highest BCUT2D eigenvalue weighted by Gasteiger charge is 2.31. The fourth-order valence-electron chi connectivity index (χ4n) is 2.58. The first-order valence-corrected chi connectivity index (χ1v) is 6.56. The highest BCUT2D eigenvalue weighted by atomic mass is 16.3. The van der Waals surface area contributed by atoms with Crippen LogP contribution < -0.4 is 21.9 Å². The number of phenolic OH excluding ortho intramolecular Hbond substituents is 1. The van der Waals surface area contributed by atoms with Gasteiger partial charge in [0.15, 0.2) is 0 Å². The van der Waals surface area contributed by atoms with Crippen LogP contribution in [-0.2, 0) is 14.1 Å². The number of hydrogen-bond acceptors (Lipinski definition) is 4. The lowest BCUT2D eigenvalue weighted by molar-refractivity contribution is 0.248. The van der Waals surface area contributed by atoms with Crippen LogP contribution >= 0.6 is 0 Å². The number of aromatic hydroxyl groups is 1. The maximum atomic E-state index is 12.5. The lowest BCUT2D eigenvalue weighted by Crippen LogP contribution is -2.49. The molecule has 3 rings (SSSR count). The molecule has 1 aliphatic heterocycles. The van der Waals surface area contributed by atoms with Gasteiger partial charge in [0, 0.05) is 14.1 Å². The molecule has 1 aromatic carbocycles. The maximum absolute atomic E-state index is 12.5. The van der Waals surface area contributed by atoms with Crippen molar-refractivity contribution in [2.75, 3.05) is 5.32 Å². The average Bonchev–Trinajstić information content (AvgIpc) is 2.50. The van der Waals surface area contributed by atoms with Gasteiger partial charge in [-0.2, -0.15) is 0 Å². The molecule has 0 spiro atoms. The van der Waals surface area contributed by atoms with Crippen LogP contribution in [0.4, 0.5) is 10.6 Å². The van der Waals surface area contributed by atoms with Gasteiger partial charge in [0.25, 0.3) is 5.56 Å². The number of anilines is 1. The van der Waals surface area contributed by atoms with Gasteiger partial charge in [0.1, 0.15) is 11.6 Å². The topological polar surface area (TPSA) is 105 Å². The zero-order valence-corrected chi connectivity index (χ0v) is 12.0. The Morgan fingerprint density at radius 2 is 1.86 bits per heavy atom. The number of amides is 2. The summed E-state index contributed by atoms with van der Waals surface area (Å²) < 4.78 is 2.19. The number of nitrogens with one attached hydrogen (secondary N) is 2. The van der Waals surface area contributed by atoms with E-state index < -0.39 is 23.3 Å². The van der Waals surface area contributed by atoms with E-state index in [-0.39, 0.29) is 17.1 Å². The second-order valence-corrected chi connectivity index (χ2v) is 5.09. The molecule has 1 aliphatic rings. The fraction of sp³-hybridized carbons (Fsp3) is 0.214. The minimum atomic E-state index is -0.749. The number of hydrogen-bond donors (Lipinski definition) is 3. The highest BCUT2D eigenvalue weighted by Crippen LogP contribution is 2.29. The van der Waals surface area contributed by atoms with Gasteiger partial charge in [-0.1, -0.05) is 12.1 Å². The summed E-state index contributed by atoms with van der Waals surface area (Å²) in [6.07, 6.45) is 0. The summed E-state index contributed by atoms with van der Waals surface area (Å²) in [5.41, 5.74) is -0.235. The summed E-state index contributed by atoms with van der Waals surface area (Å²) in [7, 11) is 2.85. The quantitative estimate of drug-likeness (QED) is 0.690. The van der Waals surface area contributed by atoms with E-state index in [0.717, 1.165) is 4.57 Å². The van der Waals surface area contributed by atoms with Crippen LogP contribution in [0.25, 0.3) is 0 Å². The van der Waals surface area contributed by atoms with Gasteiger partial charge in [-0.15, -0.1) is 0 Å². The van der Waals surface area contributed by atoms with Gasteiger partial charge in [-0.3, -0.25) is 19.2 Å². The number of phenols is 1. The van der Waals surface area contributed by atoms with Crippen LogP contribution in [0.15, 0.2) is 33.9 Å². The van der Waals surface area contributed by atoms with Crippen LogP contribution in [0.3, 0.4) is 0 Å². The van der Waals surface area contributed by atoms with E-state index in [9.17, 15) is 19.5 Å². The third kappa shape index (κ3) is 1.96. The molecular weight excluding hydrogens is 288 g/mol. The molecule has 0 radical (unpaired) electrons. The molecule has 0 saturated heterocycles. The molecule has 2 aromatic rings. The fourth-order valence-corrected chi connectivity index (χ4v) is 2.58. The van der Waals surface area contributed by atoms with Crippen molar-refractivity contribution in [3.63, 3.8) is 0 Å². The summed E-state index contributed by atoms with van der Waals surface area (Å²) in [6.45, 7) is 0. The third-order valence-corrected chi connectivity index (χ3v) is 3.70. The molecule has 1 atom stereocenters. The minimum absolute atomic E-state index is 0.0217. The Hall–Kier alpha value is -3.03. The predicted octanol–water partition coefficient (Wildman–Crippen LogP) is 0.0141. The van der Waals surface area contributed by atoms with E-state index in [1.54, 1.807) is 12.1 Å². The van der Waals surface area contributed by atoms with Crippen molar-refractivity contribution in [2.45, 2.75) is 6.04 Å². The van der Waals surface area contributed by atoms with E-state index in [1.165, 1.54) is 30.8 Å². The second-order valence-electron chi connectivity index (χ2n) is 5.09. The number of benzene rings is 1. The number of urea groups is 1. The molecule has 8 nitrogen and oxygen atoms in total. The number of aromatic nitrogens is 2. The highest BCUT2D eigenvalue weighted by molar-refractivity contribution is 5.92. The number of carbonyl (C=O) groups excluding carboxylic acids is 1. The molecule has 1 aromatic heterocycles. The summed E-state index contributed by atoms with van der Waals surface area (Å²) in [6, 6.07) is 4.98. The lowest BCUT2D eigenvalue weighted by Gasteiger charge is -2.28.